The predicted molar refractivity (Wildman–Crippen MR) is 134 cm³/mol. The average Bonchev–Trinajstić information content (AvgIpc) is 3.73. The maximum absolute atomic E-state index is 13.3. The van der Waals surface area contributed by atoms with E-state index in [0.29, 0.717) is 54.3 Å². The molecule has 2 aromatic carbocycles. The summed E-state index contributed by atoms with van der Waals surface area (Å²) in [5, 5.41) is 0.458. The number of hydrogen-bond acceptors (Lipinski definition) is 6. The second-order valence-corrected chi connectivity index (χ2v) is 9.02. The maximum Gasteiger partial charge on any atom is 0.261 e. The maximum atomic E-state index is 13.3. The fourth-order valence-electron chi connectivity index (χ4n) is 4.41. The van der Waals surface area contributed by atoms with Crippen molar-refractivity contribution in [1.29, 1.82) is 0 Å². The first-order chi connectivity index (χ1) is 16.9. The summed E-state index contributed by atoms with van der Waals surface area (Å²) in [6.45, 7) is 3.12. The van der Waals surface area contributed by atoms with Gasteiger partial charge in [0.1, 0.15) is 5.75 Å². The summed E-state index contributed by atoms with van der Waals surface area (Å²) in [6, 6.07) is 11.4. The third-order valence-electron chi connectivity index (χ3n) is 6.75. The molecule has 0 aliphatic heterocycles. The van der Waals surface area contributed by atoms with Crippen molar-refractivity contribution in [3.8, 4) is 17.2 Å². The van der Waals surface area contributed by atoms with Gasteiger partial charge in [0.05, 0.1) is 38.6 Å². The number of nitrogens with zero attached hydrogens (tertiary/aromatic N) is 3. The zero-order valence-electron chi connectivity index (χ0n) is 20.8. The van der Waals surface area contributed by atoms with E-state index in [1.807, 2.05) is 29.2 Å². The van der Waals surface area contributed by atoms with Crippen LogP contribution in [0.3, 0.4) is 0 Å². The van der Waals surface area contributed by atoms with E-state index in [0.717, 1.165) is 11.3 Å². The van der Waals surface area contributed by atoms with E-state index < -0.39 is 0 Å². The Labute approximate surface area is 205 Å². The number of amides is 1. The first kappa shape index (κ1) is 24.6. The van der Waals surface area contributed by atoms with Gasteiger partial charge in [-0.25, -0.2) is 4.98 Å². The molecule has 4 rings (SSSR count). The highest BCUT2D eigenvalue weighted by Crippen LogP contribution is 2.36. The number of benzene rings is 2. The number of aryl methyl sites for hydroxylation is 1. The molecule has 1 heterocycles. The van der Waals surface area contributed by atoms with E-state index >= 15 is 0 Å². The number of rotatable bonds is 11. The second-order valence-electron chi connectivity index (χ2n) is 9.02. The summed E-state index contributed by atoms with van der Waals surface area (Å²) in [7, 11) is 4.72. The van der Waals surface area contributed by atoms with Crippen molar-refractivity contribution in [3.05, 3.63) is 58.6 Å². The summed E-state index contributed by atoms with van der Waals surface area (Å²) < 4.78 is 17.4. The normalized spacial score (nSPS) is 13.9. The van der Waals surface area contributed by atoms with Crippen molar-refractivity contribution >= 4 is 16.8 Å². The Morgan fingerprint density at radius 2 is 1.77 bits per heavy atom. The lowest BCUT2D eigenvalue weighted by atomic mass is 10.1. The molecular formula is C27H33N3O5. The van der Waals surface area contributed by atoms with Gasteiger partial charge in [0.2, 0.25) is 5.91 Å². The Balaban J connectivity index is 1.44. The Hall–Kier alpha value is -3.55. The second kappa shape index (κ2) is 10.8. The lowest BCUT2D eigenvalue weighted by Gasteiger charge is -2.30. The largest absolute Gasteiger partial charge is 0.497 e. The molecule has 0 N–H and O–H groups in total. The van der Waals surface area contributed by atoms with Crippen molar-refractivity contribution in [2.75, 3.05) is 21.3 Å². The van der Waals surface area contributed by atoms with Crippen molar-refractivity contribution in [2.24, 2.45) is 5.92 Å². The molecule has 0 bridgehead atoms. The molecular weight excluding hydrogens is 446 g/mol. The topological polar surface area (TPSA) is 82.9 Å². The SMILES string of the molecule is COc1ccc(CN(C(=O)CCCn2cnc3cc(OC)c(OC)cc3c2=O)C(C)C2CC2)cc1. The van der Waals surface area contributed by atoms with E-state index in [1.54, 1.807) is 30.9 Å². The van der Waals surface area contributed by atoms with E-state index in [2.05, 4.69) is 11.9 Å². The highest BCUT2D eigenvalue weighted by molar-refractivity contribution is 5.81. The summed E-state index contributed by atoms with van der Waals surface area (Å²) in [5.74, 6) is 2.48. The Morgan fingerprint density at radius 3 is 2.40 bits per heavy atom. The summed E-state index contributed by atoms with van der Waals surface area (Å²) >= 11 is 0. The lowest BCUT2D eigenvalue weighted by Crippen LogP contribution is -2.39. The predicted octanol–water partition coefficient (Wildman–Crippen LogP) is 4.03. The van der Waals surface area contributed by atoms with E-state index in [-0.39, 0.29) is 17.5 Å². The summed E-state index contributed by atoms with van der Waals surface area (Å²) in [5.41, 5.74) is 1.46. The van der Waals surface area contributed by atoms with E-state index in [4.69, 9.17) is 14.2 Å². The van der Waals surface area contributed by atoms with Crippen LogP contribution in [0.1, 0.15) is 38.2 Å². The number of aromatic nitrogens is 2. The zero-order chi connectivity index (χ0) is 24.9. The molecule has 1 fully saturated rings. The Morgan fingerprint density at radius 1 is 1.09 bits per heavy atom. The summed E-state index contributed by atoms with van der Waals surface area (Å²) in [4.78, 5) is 32.7. The molecule has 1 aromatic heterocycles. The Bertz CT molecular complexity index is 1230. The molecule has 1 aliphatic carbocycles. The van der Waals surface area contributed by atoms with Gasteiger partial charge in [-0.3, -0.25) is 14.2 Å². The van der Waals surface area contributed by atoms with Crippen LogP contribution >= 0.6 is 0 Å². The van der Waals surface area contributed by atoms with Crippen LogP contribution in [0.2, 0.25) is 0 Å². The van der Waals surface area contributed by atoms with Gasteiger partial charge in [-0.15, -0.1) is 0 Å². The molecule has 0 radical (unpaired) electrons. The Kier molecular flexibility index (Phi) is 7.58. The molecule has 0 spiro atoms. The van der Waals surface area contributed by atoms with Crippen molar-refractivity contribution in [2.45, 2.75) is 51.7 Å². The molecule has 8 heteroatoms. The monoisotopic (exact) mass is 479 g/mol. The van der Waals surface area contributed by atoms with Gasteiger partial charge >= 0.3 is 0 Å². The van der Waals surface area contributed by atoms with Crippen LogP contribution < -0.4 is 19.8 Å². The summed E-state index contributed by atoms with van der Waals surface area (Å²) in [6.07, 6.45) is 4.78. The number of ether oxygens (including phenoxy) is 3. The highest BCUT2D eigenvalue weighted by Gasteiger charge is 2.34. The lowest BCUT2D eigenvalue weighted by molar-refractivity contribution is -0.134. The van der Waals surface area contributed by atoms with Gasteiger partial charge in [0.15, 0.2) is 11.5 Å². The fourth-order valence-corrected chi connectivity index (χ4v) is 4.41. The number of carbonyl (C=O) groups excluding carboxylic acids is 1. The first-order valence-corrected chi connectivity index (χ1v) is 12.0. The minimum Gasteiger partial charge on any atom is -0.497 e. The van der Waals surface area contributed by atoms with Crippen molar-refractivity contribution in [1.82, 2.24) is 14.5 Å². The van der Waals surface area contributed by atoms with Gasteiger partial charge < -0.3 is 19.1 Å². The molecule has 3 aromatic rings. The number of fused-ring (bicyclic) bond motifs is 1. The first-order valence-electron chi connectivity index (χ1n) is 12.0. The van der Waals surface area contributed by atoms with Crippen molar-refractivity contribution < 1.29 is 19.0 Å². The standard InChI is InChI=1S/C27H33N3O5/c1-18(20-9-10-20)30(16-19-7-11-21(33-2)12-8-19)26(31)6-5-13-29-17-28-23-15-25(35-4)24(34-3)14-22(23)27(29)32/h7-8,11-12,14-15,17-18,20H,5-6,9-10,13,16H2,1-4H3. The van der Waals surface area contributed by atoms with Gasteiger partial charge in [0.25, 0.3) is 5.56 Å². The van der Waals surface area contributed by atoms with Gasteiger partial charge in [-0.2, -0.15) is 0 Å². The van der Waals surface area contributed by atoms with E-state index in [1.165, 1.54) is 26.3 Å². The molecule has 1 aliphatic rings. The van der Waals surface area contributed by atoms with Crippen LogP contribution in [0, 0.1) is 5.92 Å². The molecule has 1 atom stereocenters. The van der Waals surface area contributed by atoms with Crippen LogP contribution in [0.15, 0.2) is 47.5 Å². The number of methoxy groups -OCH3 is 3. The zero-order valence-corrected chi connectivity index (χ0v) is 20.8. The van der Waals surface area contributed by atoms with Gasteiger partial charge in [-0.1, -0.05) is 12.1 Å². The molecule has 186 valence electrons. The minimum atomic E-state index is -0.162. The number of hydrogen-bond donors (Lipinski definition) is 0. The van der Waals surface area contributed by atoms with Crippen LogP contribution in [0.25, 0.3) is 10.9 Å². The molecule has 35 heavy (non-hydrogen) atoms. The van der Waals surface area contributed by atoms with Crippen LogP contribution in [-0.4, -0.2) is 47.7 Å². The van der Waals surface area contributed by atoms with Crippen molar-refractivity contribution in [3.63, 3.8) is 0 Å². The third kappa shape index (κ3) is 5.58. The smallest absolute Gasteiger partial charge is 0.261 e. The highest BCUT2D eigenvalue weighted by atomic mass is 16.5. The van der Waals surface area contributed by atoms with Gasteiger partial charge in [0, 0.05) is 31.6 Å². The molecule has 1 unspecified atom stereocenters. The molecule has 1 amide bonds. The molecule has 1 saturated carbocycles. The molecule has 0 saturated heterocycles. The quantitative estimate of drug-likeness (QED) is 0.413. The minimum absolute atomic E-state index is 0.105. The van der Waals surface area contributed by atoms with Crippen LogP contribution in [-0.2, 0) is 17.9 Å². The number of carbonyl (C=O) groups is 1. The average molecular weight is 480 g/mol. The third-order valence-corrected chi connectivity index (χ3v) is 6.75. The van der Waals surface area contributed by atoms with Crippen LogP contribution in [0.4, 0.5) is 0 Å². The van der Waals surface area contributed by atoms with Crippen LogP contribution in [0.5, 0.6) is 17.2 Å². The fraction of sp³-hybridized carbons (Fsp3) is 0.444. The molecule has 8 nitrogen and oxygen atoms in total. The van der Waals surface area contributed by atoms with E-state index in [9.17, 15) is 9.59 Å². The van der Waals surface area contributed by atoms with Gasteiger partial charge in [-0.05, 0) is 55.9 Å².